The zero-order valence-electron chi connectivity index (χ0n) is 18.8. The lowest BCUT2D eigenvalue weighted by molar-refractivity contribution is -0.274. The summed E-state index contributed by atoms with van der Waals surface area (Å²) < 4.78 is 50.8. The van der Waals surface area contributed by atoms with Crippen molar-refractivity contribution in [3.05, 3.63) is 52.8 Å². The number of alkyl halides is 3. The molecule has 2 fully saturated rings. The van der Waals surface area contributed by atoms with Crippen molar-refractivity contribution in [1.29, 1.82) is 0 Å². The van der Waals surface area contributed by atoms with E-state index in [9.17, 15) is 18.3 Å². The number of benzene rings is 1. The SMILES string of the molecule is C=CC1CC(C)CC(Cc2nc3c(OC(F)(F)F)c(C4(O)CC4)cc(C4=CSC=CN4)c3o2)C1. The van der Waals surface area contributed by atoms with Crippen molar-refractivity contribution in [3.63, 3.8) is 0 Å². The molecule has 0 radical (unpaired) electrons. The van der Waals surface area contributed by atoms with E-state index in [4.69, 9.17) is 4.42 Å². The predicted molar refractivity (Wildman–Crippen MR) is 126 cm³/mol. The van der Waals surface area contributed by atoms with Crippen LogP contribution in [0.5, 0.6) is 5.75 Å². The molecule has 3 aliphatic rings. The van der Waals surface area contributed by atoms with Crippen molar-refractivity contribution in [1.82, 2.24) is 10.3 Å². The number of allylic oxidation sites excluding steroid dienone is 1. The molecule has 0 amide bonds. The summed E-state index contributed by atoms with van der Waals surface area (Å²) in [5.74, 6) is 1.15. The van der Waals surface area contributed by atoms with Gasteiger partial charge in [0.05, 0.1) is 11.3 Å². The van der Waals surface area contributed by atoms with Gasteiger partial charge in [0.2, 0.25) is 0 Å². The van der Waals surface area contributed by atoms with E-state index in [2.05, 4.69) is 28.5 Å². The Kier molecular flexibility index (Phi) is 5.96. The third-order valence-electron chi connectivity index (χ3n) is 6.84. The minimum Gasteiger partial charge on any atom is -0.440 e. The predicted octanol–water partition coefficient (Wildman–Crippen LogP) is 6.59. The molecule has 2 aromatic rings. The first-order chi connectivity index (χ1) is 16.1. The van der Waals surface area contributed by atoms with Gasteiger partial charge in [0.25, 0.3) is 0 Å². The molecule has 9 heteroatoms. The van der Waals surface area contributed by atoms with Crippen LogP contribution >= 0.6 is 11.8 Å². The van der Waals surface area contributed by atoms with Gasteiger partial charge in [-0.25, -0.2) is 4.98 Å². The van der Waals surface area contributed by atoms with Gasteiger partial charge in [0.15, 0.2) is 22.7 Å². The fourth-order valence-electron chi connectivity index (χ4n) is 5.20. The number of nitrogens with zero attached hydrogens (tertiary/aromatic N) is 1. The Morgan fingerprint density at radius 3 is 2.79 bits per heavy atom. The van der Waals surface area contributed by atoms with Gasteiger partial charge in [0.1, 0.15) is 0 Å². The molecule has 1 aliphatic heterocycles. The van der Waals surface area contributed by atoms with E-state index in [0.29, 0.717) is 54.2 Å². The molecule has 1 aromatic heterocycles. The molecule has 2 N–H and O–H groups in total. The highest BCUT2D eigenvalue weighted by molar-refractivity contribution is 8.05. The topological polar surface area (TPSA) is 67.5 Å². The third kappa shape index (κ3) is 4.73. The molecular formula is C25H27F3N2O3S. The van der Waals surface area contributed by atoms with Gasteiger partial charge in [0, 0.05) is 23.7 Å². The maximum absolute atomic E-state index is 13.4. The molecule has 34 heavy (non-hydrogen) atoms. The molecule has 5 rings (SSSR count). The number of aliphatic hydroxyl groups is 1. The number of nitrogens with one attached hydrogen (secondary N) is 1. The molecule has 0 saturated heterocycles. The molecule has 182 valence electrons. The second-order valence-electron chi connectivity index (χ2n) is 9.66. The van der Waals surface area contributed by atoms with Gasteiger partial charge in [-0.3, -0.25) is 0 Å². The zero-order chi connectivity index (χ0) is 24.1. The summed E-state index contributed by atoms with van der Waals surface area (Å²) in [4.78, 5) is 4.52. The van der Waals surface area contributed by atoms with E-state index in [1.165, 1.54) is 11.8 Å². The molecule has 2 saturated carbocycles. The van der Waals surface area contributed by atoms with Crippen molar-refractivity contribution < 1.29 is 27.4 Å². The van der Waals surface area contributed by atoms with Crippen LogP contribution in [0, 0.1) is 17.8 Å². The van der Waals surface area contributed by atoms with Crippen LogP contribution in [0.1, 0.15) is 56.0 Å². The smallest absolute Gasteiger partial charge is 0.440 e. The lowest BCUT2D eigenvalue weighted by Gasteiger charge is -2.31. The van der Waals surface area contributed by atoms with Gasteiger partial charge in [-0.2, -0.15) is 0 Å². The Bertz CT molecular complexity index is 1170. The number of aromatic nitrogens is 1. The number of hydrogen-bond acceptors (Lipinski definition) is 6. The molecule has 0 spiro atoms. The fraction of sp³-hybridized carbons (Fsp3) is 0.480. The minimum absolute atomic E-state index is 0.00784. The van der Waals surface area contributed by atoms with Crippen molar-refractivity contribution in [2.75, 3.05) is 0 Å². The van der Waals surface area contributed by atoms with E-state index >= 15 is 0 Å². The number of fused-ring (bicyclic) bond motifs is 1. The Morgan fingerprint density at radius 1 is 1.35 bits per heavy atom. The van der Waals surface area contributed by atoms with Crippen LogP contribution in [0.3, 0.4) is 0 Å². The third-order valence-corrected chi connectivity index (χ3v) is 7.51. The Balaban J connectivity index is 1.61. The van der Waals surface area contributed by atoms with E-state index in [-0.39, 0.29) is 16.7 Å². The lowest BCUT2D eigenvalue weighted by atomic mass is 9.75. The number of rotatable bonds is 6. The molecule has 1 aromatic carbocycles. The second-order valence-corrected chi connectivity index (χ2v) is 10.4. The number of thioether (sulfide) groups is 1. The van der Waals surface area contributed by atoms with Gasteiger partial charge >= 0.3 is 6.36 Å². The van der Waals surface area contributed by atoms with Crippen LogP contribution in [0.15, 0.2) is 40.2 Å². The summed E-state index contributed by atoms with van der Waals surface area (Å²) in [6, 6.07) is 1.54. The lowest BCUT2D eigenvalue weighted by Crippen LogP contribution is -2.21. The maximum Gasteiger partial charge on any atom is 0.573 e. The Labute approximate surface area is 200 Å². The molecule has 2 aliphatic carbocycles. The number of halogens is 3. The largest absolute Gasteiger partial charge is 0.573 e. The number of ether oxygens (including phenoxy) is 1. The first-order valence-electron chi connectivity index (χ1n) is 11.5. The highest BCUT2D eigenvalue weighted by Gasteiger charge is 2.48. The summed E-state index contributed by atoms with van der Waals surface area (Å²) >= 11 is 1.44. The standard InChI is InChI=1S/C25H27F3N2O3S/c1-3-15-8-14(2)9-16(10-15)11-20-30-21-22(32-20)17(19-13-34-7-6-29-19)12-18(24(31)4-5-24)23(21)33-25(26,27)28/h3,6-7,12-16,29,31H,1,4-5,8-11H2,2H3. The molecule has 3 atom stereocenters. The van der Waals surface area contributed by atoms with Crippen LogP contribution in [0.2, 0.25) is 0 Å². The summed E-state index contributed by atoms with van der Waals surface area (Å²) in [6.07, 6.45) is 3.09. The average Bonchev–Trinajstić information content (AvgIpc) is 3.38. The van der Waals surface area contributed by atoms with E-state index in [0.717, 1.165) is 19.3 Å². The van der Waals surface area contributed by atoms with Crippen LogP contribution in [-0.2, 0) is 12.0 Å². The second kappa shape index (κ2) is 8.68. The first kappa shape index (κ1) is 23.4. The number of oxazole rings is 1. The normalized spacial score (nSPS) is 26.1. The molecule has 3 unspecified atom stereocenters. The van der Waals surface area contributed by atoms with Gasteiger partial charge in [-0.1, -0.05) is 13.0 Å². The molecule has 5 nitrogen and oxygen atoms in total. The molecular weight excluding hydrogens is 465 g/mol. The highest BCUT2D eigenvalue weighted by Crippen LogP contribution is 2.53. The maximum atomic E-state index is 13.4. The van der Waals surface area contributed by atoms with E-state index in [1.54, 1.807) is 12.3 Å². The Hall–Kier alpha value is -2.39. The average molecular weight is 493 g/mol. The van der Waals surface area contributed by atoms with Crippen molar-refractivity contribution in [2.45, 2.75) is 57.4 Å². The zero-order valence-corrected chi connectivity index (χ0v) is 19.6. The minimum atomic E-state index is -4.93. The van der Waals surface area contributed by atoms with Crippen LogP contribution in [-0.4, -0.2) is 16.5 Å². The van der Waals surface area contributed by atoms with Crippen LogP contribution in [0.25, 0.3) is 16.8 Å². The van der Waals surface area contributed by atoms with E-state index < -0.39 is 17.7 Å². The van der Waals surface area contributed by atoms with Crippen molar-refractivity contribution in [2.24, 2.45) is 17.8 Å². The first-order valence-corrected chi connectivity index (χ1v) is 12.4. The summed E-state index contributed by atoms with van der Waals surface area (Å²) in [5.41, 5.74) is 0.162. The number of hydrogen-bond donors (Lipinski definition) is 2. The summed E-state index contributed by atoms with van der Waals surface area (Å²) in [5, 5.41) is 17.7. The fourth-order valence-corrected chi connectivity index (χ4v) is 5.75. The highest BCUT2D eigenvalue weighted by atomic mass is 32.2. The van der Waals surface area contributed by atoms with Crippen LogP contribution < -0.4 is 10.1 Å². The summed E-state index contributed by atoms with van der Waals surface area (Å²) in [6.45, 7) is 6.14. The van der Waals surface area contributed by atoms with Crippen molar-refractivity contribution >= 4 is 28.6 Å². The summed E-state index contributed by atoms with van der Waals surface area (Å²) in [7, 11) is 0. The monoisotopic (exact) mass is 492 g/mol. The molecule has 0 bridgehead atoms. The quantitative estimate of drug-likeness (QED) is 0.443. The van der Waals surface area contributed by atoms with Gasteiger partial charge in [-0.15, -0.1) is 31.5 Å². The molecule has 2 heterocycles. The Morgan fingerprint density at radius 2 is 2.15 bits per heavy atom. The van der Waals surface area contributed by atoms with Gasteiger partial charge < -0.3 is 19.6 Å². The van der Waals surface area contributed by atoms with Gasteiger partial charge in [-0.05, 0) is 66.7 Å². The van der Waals surface area contributed by atoms with Crippen LogP contribution in [0.4, 0.5) is 13.2 Å². The van der Waals surface area contributed by atoms with Crippen molar-refractivity contribution in [3.8, 4) is 5.75 Å². The van der Waals surface area contributed by atoms with E-state index in [1.807, 2.05) is 16.9 Å².